The van der Waals surface area contributed by atoms with Crippen LogP contribution in [-0.2, 0) is 22.7 Å². The summed E-state index contributed by atoms with van der Waals surface area (Å²) in [6, 6.07) is 7.05. The second-order valence-corrected chi connectivity index (χ2v) is 5.91. The second kappa shape index (κ2) is 9.25. The third-order valence-electron chi connectivity index (χ3n) is 3.87. The topological polar surface area (TPSA) is 64.4 Å². The largest absolute Gasteiger partial charge is 0.411 e. The minimum Gasteiger partial charge on any atom is -0.367 e. The summed E-state index contributed by atoms with van der Waals surface area (Å²) in [6.45, 7) is -0.950. The first-order valence-corrected chi connectivity index (χ1v) is 7.59. The number of amides is 1. The highest BCUT2D eigenvalue weighted by Gasteiger charge is 2.28. The van der Waals surface area contributed by atoms with Crippen molar-refractivity contribution in [3.63, 3.8) is 0 Å². The van der Waals surface area contributed by atoms with Gasteiger partial charge in [-0.25, -0.2) is 0 Å². The zero-order valence-electron chi connectivity index (χ0n) is 13.1. The van der Waals surface area contributed by atoms with Crippen LogP contribution in [0, 0.1) is 5.92 Å². The molecule has 0 radical (unpaired) electrons. The highest BCUT2D eigenvalue weighted by Crippen LogP contribution is 2.24. The summed E-state index contributed by atoms with van der Waals surface area (Å²) < 4.78 is 40.5. The van der Waals surface area contributed by atoms with Gasteiger partial charge in [0.15, 0.2) is 0 Å². The molecule has 0 aliphatic heterocycles. The van der Waals surface area contributed by atoms with E-state index in [-0.39, 0.29) is 36.9 Å². The standard InChI is InChI=1S/C16H21F3N2O2.ClH/c17-16(18,19)10-23-9-12-3-1-11(2-4-12)8-21-15(22)13-5-6-14(20)7-13;/h1-4,13-14H,5-10,20H2,(H,21,22);1H. The van der Waals surface area contributed by atoms with Gasteiger partial charge in [-0.1, -0.05) is 24.3 Å². The van der Waals surface area contributed by atoms with Crippen LogP contribution in [0.4, 0.5) is 13.2 Å². The van der Waals surface area contributed by atoms with Gasteiger partial charge in [0.2, 0.25) is 5.91 Å². The molecule has 4 nitrogen and oxygen atoms in total. The Bertz CT molecular complexity index is 523. The van der Waals surface area contributed by atoms with Crippen molar-refractivity contribution >= 4 is 18.3 Å². The number of hydrogen-bond donors (Lipinski definition) is 2. The van der Waals surface area contributed by atoms with E-state index in [2.05, 4.69) is 10.1 Å². The number of hydrogen-bond acceptors (Lipinski definition) is 3. The van der Waals surface area contributed by atoms with Crippen molar-refractivity contribution in [2.75, 3.05) is 6.61 Å². The summed E-state index contributed by atoms with van der Waals surface area (Å²) in [5.74, 6) is -0.00409. The lowest BCUT2D eigenvalue weighted by Crippen LogP contribution is -2.29. The van der Waals surface area contributed by atoms with E-state index in [1.807, 2.05) is 0 Å². The number of alkyl halides is 3. The average Bonchev–Trinajstić information content (AvgIpc) is 2.91. The van der Waals surface area contributed by atoms with Crippen LogP contribution in [-0.4, -0.2) is 24.7 Å². The predicted molar refractivity (Wildman–Crippen MR) is 86.6 cm³/mol. The molecule has 1 aromatic carbocycles. The number of rotatable bonds is 6. The van der Waals surface area contributed by atoms with Gasteiger partial charge in [0, 0.05) is 18.5 Å². The molecule has 2 atom stereocenters. The Kier molecular flexibility index (Phi) is 7.99. The van der Waals surface area contributed by atoms with E-state index in [0.29, 0.717) is 12.1 Å². The van der Waals surface area contributed by atoms with Crippen LogP contribution in [0.3, 0.4) is 0 Å². The summed E-state index contributed by atoms with van der Waals surface area (Å²) in [5.41, 5.74) is 7.34. The molecule has 2 rings (SSSR count). The number of benzene rings is 1. The van der Waals surface area contributed by atoms with E-state index >= 15 is 0 Å². The molecule has 0 bridgehead atoms. The third-order valence-corrected chi connectivity index (χ3v) is 3.87. The molecule has 3 N–H and O–H groups in total. The van der Waals surface area contributed by atoms with E-state index in [4.69, 9.17) is 5.73 Å². The van der Waals surface area contributed by atoms with Crippen molar-refractivity contribution in [3.8, 4) is 0 Å². The zero-order valence-corrected chi connectivity index (χ0v) is 14.0. The van der Waals surface area contributed by atoms with Gasteiger partial charge in [-0.2, -0.15) is 13.2 Å². The van der Waals surface area contributed by atoms with Crippen molar-refractivity contribution in [1.82, 2.24) is 5.32 Å². The summed E-state index contributed by atoms with van der Waals surface area (Å²) in [7, 11) is 0. The van der Waals surface area contributed by atoms with Gasteiger partial charge < -0.3 is 15.8 Å². The van der Waals surface area contributed by atoms with Crippen LogP contribution in [0.1, 0.15) is 30.4 Å². The Morgan fingerprint density at radius 3 is 2.38 bits per heavy atom. The molecule has 2 unspecified atom stereocenters. The van der Waals surface area contributed by atoms with E-state index in [1.54, 1.807) is 24.3 Å². The highest BCUT2D eigenvalue weighted by molar-refractivity contribution is 5.85. The van der Waals surface area contributed by atoms with Gasteiger partial charge in [-0.15, -0.1) is 12.4 Å². The lowest BCUT2D eigenvalue weighted by molar-refractivity contribution is -0.176. The van der Waals surface area contributed by atoms with Crippen molar-refractivity contribution in [2.45, 2.75) is 44.6 Å². The third kappa shape index (κ3) is 7.07. The van der Waals surface area contributed by atoms with Crippen LogP contribution < -0.4 is 11.1 Å². The maximum absolute atomic E-state index is 12.0. The quantitative estimate of drug-likeness (QED) is 0.813. The molecule has 136 valence electrons. The average molecular weight is 367 g/mol. The fourth-order valence-electron chi connectivity index (χ4n) is 2.63. The number of nitrogens with two attached hydrogens (primary N) is 1. The van der Waals surface area contributed by atoms with Crippen LogP contribution in [0.2, 0.25) is 0 Å². The molecule has 0 aromatic heterocycles. The second-order valence-electron chi connectivity index (χ2n) is 5.91. The van der Waals surface area contributed by atoms with Gasteiger partial charge in [0.25, 0.3) is 0 Å². The Labute approximate surface area is 145 Å². The first kappa shape index (κ1) is 20.7. The lowest BCUT2D eigenvalue weighted by atomic mass is 10.1. The maximum atomic E-state index is 12.0. The van der Waals surface area contributed by atoms with Crippen LogP contribution >= 0.6 is 12.4 Å². The molecule has 8 heteroatoms. The van der Waals surface area contributed by atoms with Crippen molar-refractivity contribution in [2.24, 2.45) is 11.7 Å². The number of carbonyl (C=O) groups excluding carboxylic acids is 1. The van der Waals surface area contributed by atoms with Crippen molar-refractivity contribution in [1.29, 1.82) is 0 Å². The number of ether oxygens (including phenoxy) is 1. The molecule has 0 saturated heterocycles. The van der Waals surface area contributed by atoms with E-state index in [0.717, 1.165) is 24.8 Å². The molecule has 1 saturated carbocycles. The molecule has 1 aliphatic rings. The fourth-order valence-corrected chi connectivity index (χ4v) is 2.63. The molecular formula is C16H22ClF3N2O2. The Balaban J connectivity index is 0.00000288. The van der Waals surface area contributed by atoms with E-state index in [1.165, 1.54) is 0 Å². The van der Waals surface area contributed by atoms with Gasteiger partial charge in [-0.3, -0.25) is 4.79 Å². The monoisotopic (exact) mass is 366 g/mol. The Morgan fingerprint density at radius 1 is 1.21 bits per heavy atom. The summed E-state index contributed by atoms with van der Waals surface area (Å²) >= 11 is 0. The number of nitrogens with one attached hydrogen (secondary N) is 1. The van der Waals surface area contributed by atoms with Gasteiger partial charge in [-0.05, 0) is 30.4 Å². The molecule has 1 fully saturated rings. The summed E-state index contributed by atoms with van der Waals surface area (Å²) in [5, 5.41) is 2.87. The highest BCUT2D eigenvalue weighted by atomic mass is 35.5. The van der Waals surface area contributed by atoms with E-state index < -0.39 is 12.8 Å². The normalized spacial score (nSPS) is 20.5. The lowest BCUT2D eigenvalue weighted by Gasteiger charge is -2.11. The first-order valence-electron chi connectivity index (χ1n) is 7.59. The van der Waals surface area contributed by atoms with Crippen LogP contribution in [0.25, 0.3) is 0 Å². The zero-order chi connectivity index (χ0) is 16.9. The minimum absolute atomic E-state index is 0. The van der Waals surface area contributed by atoms with Crippen molar-refractivity contribution in [3.05, 3.63) is 35.4 Å². The molecule has 24 heavy (non-hydrogen) atoms. The van der Waals surface area contributed by atoms with E-state index in [9.17, 15) is 18.0 Å². The summed E-state index contributed by atoms with van der Waals surface area (Å²) in [4.78, 5) is 12.0. The molecule has 1 aromatic rings. The first-order chi connectivity index (χ1) is 10.8. The van der Waals surface area contributed by atoms with Gasteiger partial charge in [0.1, 0.15) is 6.61 Å². The Morgan fingerprint density at radius 2 is 1.83 bits per heavy atom. The van der Waals surface area contributed by atoms with Gasteiger partial charge in [0.05, 0.1) is 6.61 Å². The molecule has 0 heterocycles. The maximum Gasteiger partial charge on any atom is 0.411 e. The Hall–Kier alpha value is -1.31. The van der Waals surface area contributed by atoms with Crippen LogP contribution in [0.15, 0.2) is 24.3 Å². The van der Waals surface area contributed by atoms with Crippen LogP contribution in [0.5, 0.6) is 0 Å². The van der Waals surface area contributed by atoms with Gasteiger partial charge >= 0.3 is 6.18 Å². The smallest absolute Gasteiger partial charge is 0.367 e. The predicted octanol–water partition coefficient (Wildman–Crippen LogP) is 2.93. The van der Waals surface area contributed by atoms with Crippen molar-refractivity contribution < 1.29 is 22.7 Å². The molecular weight excluding hydrogens is 345 g/mol. The number of halogens is 4. The fraction of sp³-hybridized carbons (Fsp3) is 0.562. The SMILES string of the molecule is Cl.NC1CCC(C(=O)NCc2ccc(COCC(F)(F)F)cc2)C1. The molecule has 1 aliphatic carbocycles. The number of carbonyl (C=O) groups is 1. The summed E-state index contributed by atoms with van der Waals surface area (Å²) in [6.07, 6.45) is -1.89. The molecule has 1 amide bonds. The minimum atomic E-state index is -4.31. The molecule has 0 spiro atoms.